The molecule has 0 fully saturated rings. The average Bonchev–Trinajstić information content (AvgIpc) is 3.04. The lowest BCUT2D eigenvalue weighted by molar-refractivity contribution is -0.141. The Kier molecular flexibility index (Phi) is 9.72. The first-order chi connectivity index (χ1) is 21.7. The van der Waals surface area contributed by atoms with Gasteiger partial charge in [0.25, 0.3) is 0 Å². The molecule has 0 radical (unpaired) electrons. The number of nitriles is 1. The second-order valence-electron chi connectivity index (χ2n) is 10.2. The van der Waals surface area contributed by atoms with Crippen LogP contribution >= 0.6 is 23.2 Å². The molecule has 4 aromatic carbocycles. The van der Waals surface area contributed by atoms with Gasteiger partial charge in [-0.3, -0.25) is 0 Å². The van der Waals surface area contributed by atoms with Crippen molar-refractivity contribution in [3.05, 3.63) is 123 Å². The molecule has 8 nitrogen and oxygen atoms in total. The summed E-state index contributed by atoms with van der Waals surface area (Å²) in [5.74, 6) is 0.874. The van der Waals surface area contributed by atoms with Crippen LogP contribution in [-0.4, -0.2) is 19.2 Å². The number of halogens is 2. The molecular formula is C35H30Cl2N2O6. The number of allylic oxidation sites excluding steroid dienone is 1. The zero-order valence-electron chi connectivity index (χ0n) is 24.8. The molecule has 1 aliphatic rings. The van der Waals surface area contributed by atoms with Gasteiger partial charge < -0.3 is 29.4 Å². The third kappa shape index (κ3) is 7.12. The first kappa shape index (κ1) is 31.6. The van der Waals surface area contributed by atoms with Crippen LogP contribution in [0.2, 0.25) is 10.0 Å². The average molecular weight is 646 g/mol. The number of nitrogens with two attached hydrogens (primary N) is 1. The van der Waals surface area contributed by atoms with Crippen LogP contribution in [0.1, 0.15) is 42.0 Å². The number of carbonyl (C=O) groups is 1. The molecule has 1 heterocycles. The van der Waals surface area contributed by atoms with E-state index < -0.39 is 18.0 Å². The van der Waals surface area contributed by atoms with Crippen molar-refractivity contribution < 1.29 is 28.5 Å². The zero-order chi connectivity index (χ0) is 32.1. The van der Waals surface area contributed by atoms with Crippen LogP contribution in [0.4, 0.5) is 0 Å². The van der Waals surface area contributed by atoms with Crippen LogP contribution in [0.15, 0.2) is 90.3 Å². The zero-order valence-corrected chi connectivity index (χ0v) is 26.3. The standard InChI is InChI=1S/C35H30Cl2N2O6/c1-4-21-5-10-25(11-6-21)43-20(2)35(40)44-26-12-13-27-31(17-26)45-34(39)28(18-38)33(27)22-8-14-30(32(15-22)41-3)42-19-23-7-9-24(36)16-29(23)37/h5-17,20,33H,4,19,39H2,1-3H3. The molecule has 5 rings (SSSR count). The summed E-state index contributed by atoms with van der Waals surface area (Å²) in [7, 11) is 1.53. The molecule has 10 heteroatoms. The van der Waals surface area contributed by atoms with Gasteiger partial charge >= 0.3 is 5.97 Å². The molecule has 0 amide bonds. The normalized spacial score (nSPS) is 14.4. The lowest BCUT2D eigenvalue weighted by Crippen LogP contribution is -2.28. The van der Waals surface area contributed by atoms with E-state index in [-0.39, 0.29) is 23.8 Å². The van der Waals surface area contributed by atoms with Gasteiger partial charge in [-0.1, -0.05) is 60.5 Å². The van der Waals surface area contributed by atoms with Crippen LogP contribution in [0.5, 0.6) is 28.7 Å². The van der Waals surface area contributed by atoms with Crippen LogP contribution in [0, 0.1) is 11.3 Å². The van der Waals surface area contributed by atoms with Crippen molar-refractivity contribution in [1.82, 2.24) is 0 Å². The number of hydrogen-bond donors (Lipinski definition) is 1. The minimum absolute atomic E-state index is 0.0534. The number of hydrogen-bond acceptors (Lipinski definition) is 8. The fourth-order valence-electron chi connectivity index (χ4n) is 4.87. The topological polar surface area (TPSA) is 113 Å². The summed E-state index contributed by atoms with van der Waals surface area (Å²) in [6.07, 6.45) is 0.0456. The van der Waals surface area contributed by atoms with Gasteiger partial charge in [-0.05, 0) is 66.9 Å². The number of methoxy groups -OCH3 is 1. The smallest absolute Gasteiger partial charge is 0.352 e. The molecule has 0 spiro atoms. The van der Waals surface area contributed by atoms with Gasteiger partial charge in [0.05, 0.1) is 13.0 Å². The predicted molar refractivity (Wildman–Crippen MR) is 171 cm³/mol. The maximum Gasteiger partial charge on any atom is 0.352 e. The first-order valence-electron chi connectivity index (χ1n) is 14.1. The summed E-state index contributed by atoms with van der Waals surface area (Å²) >= 11 is 12.3. The molecule has 2 unspecified atom stereocenters. The van der Waals surface area contributed by atoms with E-state index in [0.29, 0.717) is 44.2 Å². The van der Waals surface area contributed by atoms with E-state index in [1.165, 1.54) is 12.7 Å². The van der Waals surface area contributed by atoms with Crippen LogP contribution < -0.4 is 29.4 Å². The second-order valence-corrected chi connectivity index (χ2v) is 11.1. The number of ether oxygens (including phenoxy) is 5. The number of benzene rings is 4. The number of nitrogens with zero attached hydrogens (tertiary/aromatic N) is 1. The van der Waals surface area contributed by atoms with E-state index in [4.69, 9.17) is 52.6 Å². The largest absolute Gasteiger partial charge is 0.493 e. The summed E-state index contributed by atoms with van der Waals surface area (Å²) < 4.78 is 28.8. The Morgan fingerprint density at radius 3 is 2.44 bits per heavy atom. The molecule has 0 saturated heterocycles. The first-order valence-corrected chi connectivity index (χ1v) is 14.9. The number of fused-ring (bicyclic) bond motifs is 1. The number of rotatable bonds is 10. The van der Waals surface area contributed by atoms with Crippen molar-refractivity contribution in [2.24, 2.45) is 5.73 Å². The molecule has 2 atom stereocenters. The van der Waals surface area contributed by atoms with Gasteiger partial charge in [0.1, 0.15) is 35.5 Å². The summed E-state index contributed by atoms with van der Waals surface area (Å²) in [5.41, 5.74) is 9.73. The third-order valence-electron chi connectivity index (χ3n) is 7.30. The van der Waals surface area contributed by atoms with Gasteiger partial charge in [-0.15, -0.1) is 0 Å². The quantitative estimate of drug-likeness (QED) is 0.138. The molecule has 45 heavy (non-hydrogen) atoms. The Bertz CT molecular complexity index is 1800. The Labute approximate surface area is 271 Å². The van der Waals surface area contributed by atoms with Crippen molar-refractivity contribution >= 4 is 29.2 Å². The third-order valence-corrected chi connectivity index (χ3v) is 7.89. The fourth-order valence-corrected chi connectivity index (χ4v) is 5.34. The van der Waals surface area contributed by atoms with Crippen LogP contribution in [-0.2, 0) is 17.8 Å². The molecule has 2 N–H and O–H groups in total. The van der Waals surface area contributed by atoms with E-state index in [2.05, 4.69) is 13.0 Å². The Morgan fingerprint density at radius 2 is 1.76 bits per heavy atom. The lowest BCUT2D eigenvalue weighted by Gasteiger charge is -2.27. The van der Waals surface area contributed by atoms with Gasteiger partial charge in [-0.25, -0.2) is 4.79 Å². The summed E-state index contributed by atoms with van der Waals surface area (Å²) in [5, 5.41) is 11.0. The fraction of sp³-hybridized carbons (Fsp3) is 0.200. The van der Waals surface area contributed by atoms with Gasteiger partial charge in [-0.2, -0.15) is 5.26 Å². The number of esters is 1. The van der Waals surface area contributed by atoms with Crippen LogP contribution in [0.25, 0.3) is 0 Å². The van der Waals surface area contributed by atoms with Crippen molar-refractivity contribution in [2.45, 2.75) is 38.9 Å². The Morgan fingerprint density at radius 1 is 1.00 bits per heavy atom. The van der Waals surface area contributed by atoms with E-state index in [1.54, 1.807) is 55.5 Å². The van der Waals surface area contributed by atoms with Crippen molar-refractivity contribution in [2.75, 3.05) is 7.11 Å². The van der Waals surface area contributed by atoms with Gasteiger partial charge in [0.15, 0.2) is 17.6 Å². The Balaban J connectivity index is 1.36. The van der Waals surface area contributed by atoms with E-state index >= 15 is 0 Å². The van der Waals surface area contributed by atoms with Crippen molar-refractivity contribution in [3.63, 3.8) is 0 Å². The second kappa shape index (κ2) is 13.9. The molecule has 4 aromatic rings. The monoisotopic (exact) mass is 644 g/mol. The summed E-state index contributed by atoms with van der Waals surface area (Å²) in [4.78, 5) is 12.8. The highest BCUT2D eigenvalue weighted by molar-refractivity contribution is 6.35. The molecule has 0 bridgehead atoms. The van der Waals surface area contributed by atoms with Gasteiger partial charge in [0, 0.05) is 27.2 Å². The minimum atomic E-state index is -0.860. The molecular weight excluding hydrogens is 615 g/mol. The maximum absolute atomic E-state index is 12.8. The van der Waals surface area contributed by atoms with E-state index in [0.717, 1.165) is 12.0 Å². The number of aryl methyl sites for hydroxylation is 1. The van der Waals surface area contributed by atoms with Crippen molar-refractivity contribution in [1.29, 1.82) is 5.26 Å². The van der Waals surface area contributed by atoms with Crippen molar-refractivity contribution in [3.8, 4) is 34.8 Å². The molecule has 1 aliphatic heterocycles. The molecule has 0 saturated carbocycles. The highest BCUT2D eigenvalue weighted by Crippen LogP contribution is 2.45. The van der Waals surface area contributed by atoms with Gasteiger partial charge in [0.2, 0.25) is 5.88 Å². The molecule has 0 aliphatic carbocycles. The van der Waals surface area contributed by atoms with Crippen LogP contribution in [0.3, 0.4) is 0 Å². The molecule has 230 valence electrons. The SMILES string of the molecule is CCc1ccc(OC(C)C(=O)Oc2ccc3c(c2)OC(N)=C(C#N)C3c2ccc(OCc3ccc(Cl)cc3Cl)c(OC)c2)cc1. The molecule has 0 aromatic heterocycles. The van der Waals surface area contributed by atoms with E-state index in [1.807, 2.05) is 30.3 Å². The predicted octanol–water partition coefficient (Wildman–Crippen LogP) is 7.73. The maximum atomic E-state index is 12.8. The number of carbonyl (C=O) groups excluding carboxylic acids is 1. The van der Waals surface area contributed by atoms with E-state index in [9.17, 15) is 10.1 Å². The Hall–Kier alpha value is -4.84. The highest BCUT2D eigenvalue weighted by Gasteiger charge is 2.32. The minimum Gasteiger partial charge on any atom is -0.493 e. The highest BCUT2D eigenvalue weighted by atomic mass is 35.5. The summed E-state index contributed by atoms with van der Waals surface area (Å²) in [6.45, 7) is 3.87. The lowest BCUT2D eigenvalue weighted by atomic mass is 9.83. The summed E-state index contributed by atoms with van der Waals surface area (Å²) in [6, 6.07) is 25.2.